The van der Waals surface area contributed by atoms with E-state index in [0.717, 1.165) is 28.6 Å². The van der Waals surface area contributed by atoms with Crippen molar-refractivity contribution < 1.29 is 4.79 Å². The number of hydrogen-bond acceptors (Lipinski definition) is 6. The smallest absolute Gasteiger partial charge is 0.253 e. The number of amides is 1. The number of aryl methyl sites for hydroxylation is 1. The molecule has 1 aromatic carbocycles. The van der Waals surface area contributed by atoms with Gasteiger partial charge in [-0.05, 0) is 38.0 Å². The van der Waals surface area contributed by atoms with Gasteiger partial charge in [-0.2, -0.15) is 14.9 Å². The summed E-state index contributed by atoms with van der Waals surface area (Å²) in [7, 11) is 0. The van der Waals surface area contributed by atoms with Gasteiger partial charge in [0.05, 0.1) is 11.6 Å². The molecule has 0 saturated carbocycles. The number of carbonyl (C=O) groups excluding carboxylic acids is 1. The van der Waals surface area contributed by atoms with Crippen LogP contribution in [0.3, 0.4) is 0 Å². The van der Waals surface area contributed by atoms with Crippen LogP contribution in [-0.4, -0.2) is 43.7 Å². The molecule has 2 aromatic heterocycles. The first-order valence-electron chi connectivity index (χ1n) is 8.14. The molecule has 8 heteroatoms. The quantitative estimate of drug-likeness (QED) is 0.707. The van der Waals surface area contributed by atoms with Crippen molar-refractivity contribution in [3.05, 3.63) is 46.2 Å². The fraction of sp³-hybridized carbons (Fsp3) is 0.353. The Kier molecular flexibility index (Phi) is 3.93. The van der Waals surface area contributed by atoms with Gasteiger partial charge in [0.2, 0.25) is 4.96 Å². The van der Waals surface area contributed by atoms with Gasteiger partial charge in [0.25, 0.3) is 5.91 Å². The van der Waals surface area contributed by atoms with E-state index in [1.807, 2.05) is 11.8 Å². The number of hydrogen-bond donors (Lipinski definition) is 0. The highest BCUT2D eigenvalue weighted by Gasteiger charge is 2.27. The van der Waals surface area contributed by atoms with E-state index >= 15 is 0 Å². The summed E-state index contributed by atoms with van der Waals surface area (Å²) in [5.74, 6) is 1.13. The van der Waals surface area contributed by atoms with Crippen LogP contribution in [-0.2, 0) is 0 Å². The average Bonchev–Trinajstić information content (AvgIpc) is 3.23. The van der Waals surface area contributed by atoms with E-state index in [4.69, 9.17) is 5.26 Å². The summed E-state index contributed by atoms with van der Waals surface area (Å²) in [6.45, 7) is 3.28. The Morgan fingerprint density at radius 1 is 1.32 bits per heavy atom. The molecule has 0 atom stereocenters. The number of likely N-dealkylation sites (tertiary alicyclic amines) is 1. The number of rotatable bonds is 2. The van der Waals surface area contributed by atoms with E-state index in [9.17, 15) is 4.79 Å². The van der Waals surface area contributed by atoms with Crippen LogP contribution in [0.15, 0.2) is 24.3 Å². The summed E-state index contributed by atoms with van der Waals surface area (Å²) >= 11 is 1.57. The molecular weight excluding hydrogens is 336 g/mol. The minimum Gasteiger partial charge on any atom is -0.339 e. The lowest BCUT2D eigenvalue weighted by Gasteiger charge is -2.31. The van der Waals surface area contributed by atoms with E-state index in [2.05, 4.69) is 21.4 Å². The molecule has 4 rings (SSSR count). The monoisotopic (exact) mass is 352 g/mol. The van der Waals surface area contributed by atoms with Crippen LogP contribution in [0.25, 0.3) is 4.96 Å². The van der Waals surface area contributed by atoms with Crippen molar-refractivity contribution >= 4 is 22.2 Å². The molecule has 1 saturated heterocycles. The Balaban J connectivity index is 1.45. The second-order valence-corrected chi connectivity index (χ2v) is 7.13. The third-order valence-electron chi connectivity index (χ3n) is 4.53. The van der Waals surface area contributed by atoms with Gasteiger partial charge >= 0.3 is 0 Å². The molecule has 0 bridgehead atoms. The highest BCUT2D eigenvalue weighted by molar-refractivity contribution is 7.16. The van der Waals surface area contributed by atoms with E-state index in [0.29, 0.717) is 30.1 Å². The molecule has 25 heavy (non-hydrogen) atoms. The summed E-state index contributed by atoms with van der Waals surface area (Å²) in [5, 5.41) is 22.8. The Labute approximate surface area is 148 Å². The Morgan fingerprint density at radius 2 is 2.12 bits per heavy atom. The van der Waals surface area contributed by atoms with Crippen molar-refractivity contribution in [1.29, 1.82) is 5.26 Å². The average molecular weight is 352 g/mol. The number of carbonyl (C=O) groups is 1. The maximum atomic E-state index is 12.6. The minimum atomic E-state index is -0.00969. The first-order chi connectivity index (χ1) is 12.2. The SMILES string of the molecule is Cc1nnc2sc(C3CCN(C(=O)c4cccc(C#N)c4)CC3)nn12. The first kappa shape index (κ1) is 15.7. The largest absolute Gasteiger partial charge is 0.339 e. The summed E-state index contributed by atoms with van der Waals surface area (Å²) < 4.78 is 1.78. The van der Waals surface area contributed by atoms with Gasteiger partial charge in [-0.1, -0.05) is 17.4 Å². The molecule has 1 amide bonds. The van der Waals surface area contributed by atoms with Crippen molar-refractivity contribution in [1.82, 2.24) is 24.7 Å². The second kappa shape index (κ2) is 6.26. The Bertz CT molecular complexity index is 977. The summed E-state index contributed by atoms with van der Waals surface area (Å²) in [6, 6.07) is 8.95. The van der Waals surface area contributed by atoms with Crippen LogP contribution in [0.1, 0.15) is 45.5 Å². The van der Waals surface area contributed by atoms with Gasteiger partial charge in [0.15, 0.2) is 5.82 Å². The standard InChI is InChI=1S/C17H16N6OS/c1-11-19-20-17-23(11)21-15(25-17)13-5-7-22(8-6-13)16(24)14-4-2-3-12(9-14)10-18/h2-4,9,13H,5-8H2,1H3. The summed E-state index contributed by atoms with van der Waals surface area (Å²) in [5.41, 5.74) is 1.09. The zero-order valence-corrected chi connectivity index (χ0v) is 14.5. The number of benzene rings is 1. The van der Waals surface area contributed by atoms with Gasteiger partial charge in [0, 0.05) is 24.6 Å². The fourth-order valence-electron chi connectivity index (χ4n) is 3.13. The van der Waals surface area contributed by atoms with Gasteiger partial charge < -0.3 is 4.90 Å². The van der Waals surface area contributed by atoms with E-state index in [1.165, 1.54) is 0 Å². The van der Waals surface area contributed by atoms with Crippen LogP contribution in [0.2, 0.25) is 0 Å². The van der Waals surface area contributed by atoms with Gasteiger partial charge in [0.1, 0.15) is 5.01 Å². The number of fused-ring (bicyclic) bond motifs is 1. The van der Waals surface area contributed by atoms with Gasteiger partial charge in [-0.3, -0.25) is 4.79 Å². The Hall–Kier alpha value is -2.79. The number of nitrogens with zero attached hydrogens (tertiary/aromatic N) is 6. The lowest BCUT2D eigenvalue weighted by atomic mass is 9.97. The highest BCUT2D eigenvalue weighted by Crippen LogP contribution is 2.31. The van der Waals surface area contributed by atoms with Crippen molar-refractivity contribution in [3.8, 4) is 6.07 Å². The molecular formula is C17H16N6OS. The molecule has 1 aliphatic rings. The molecule has 0 N–H and O–H groups in total. The molecule has 0 radical (unpaired) electrons. The third kappa shape index (κ3) is 2.87. The maximum absolute atomic E-state index is 12.6. The van der Waals surface area contributed by atoms with Gasteiger partial charge in [-0.15, -0.1) is 10.2 Å². The zero-order valence-electron chi connectivity index (χ0n) is 13.7. The van der Waals surface area contributed by atoms with Crippen molar-refractivity contribution in [3.63, 3.8) is 0 Å². The van der Waals surface area contributed by atoms with Crippen LogP contribution in [0.4, 0.5) is 0 Å². The molecule has 1 aliphatic heterocycles. The fourth-order valence-corrected chi connectivity index (χ4v) is 4.18. The van der Waals surface area contributed by atoms with Crippen molar-refractivity contribution in [2.45, 2.75) is 25.7 Å². The molecule has 126 valence electrons. The van der Waals surface area contributed by atoms with Crippen LogP contribution in [0, 0.1) is 18.3 Å². The second-order valence-electron chi connectivity index (χ2n) is 6.14. The van der Waals surface area contributed by atoms with E-state index < -0.39 is 0 Å². The predicted molar refractivity (Wildman–Crippen MR) is 92.4 cm³/mol. The topological polar surface area (TPSA) is 87.2 Å². The molecule has 0 unspecified atom stereocenters. The number of piperidine rings is 1. The van der Waals surface area contributed by atoms with Crippen molar-refractivity contribution in [2.75, 3.05) is 13.1 Å². The van der Waals surface area contributed by atoms with Crippen LogP contribution < -0.4 is 0 Å². The number of aromatic nitrogens is 4. The first-order valence-corrected chi connectivity index (χ1v) is 8.95. The molecule has 3 heterocycles. The summed E-state index contributed by atoms with van der Waals surface area (Å²) in [4.78, 5) is 15.3. The highest BCUT2D eigenvalue weighted by atomic mass is 32.1. The maximum Gasteiger partial charge on any atom is 0.253 e. The number of nitriles is 1. The van der Waals surface area contributed by atoms with Gasteiger partial charge in [-0.25, -0.2) is 0 Å². The zero-order chi connectivity index (χ0) is 17.4. The third-order valence-corrected chi connectivity index (χ3v) is 5.59. The van der Waals surface area contributed by atoms with Crippen LogP contribution >= 0.6 is 11.3 Å². The molecule has 7 nitrogen and oxygen atoms in total. The van der Waals surface area contributed by atoms with Crippen molar-refractivity contribution in [2.24, 2.45) is 0 Å². The normalized spacial score (nSPS) is 15.4. The summed E-state index contributed by atoms with van der Waals surface area (Å²) in [6.07, 6.45) is 1.76. The lowest BCUT2D eigenvalue weighted by molar-refractivity contribution is 0.0712. The lowest BCUT2D eigenvalue weighted by Crippen LogP contribution is -2.37. The molecule has 0 aliphatic carbocycles. The Morgan fingerprint density at radius 3 is 2.84 bits per heavy atom. The van der Waals surface area contributed by atoms with Crippen LogP contribution in [0.5, 0.6) is 0 Å². The van der Waals surface area contributed by atoms with E-state index in [1.54, 1.807) is 40.1 Å². The van der Waals surface area contributed by atoms with E-state index in [-0.39, 0.29) is 5.91 Å². The molecule has 3 aromatic rings. The predicted octanol–water partition coefficient (Wildman–Crippen LogP) is 2.39. The molecule has 0 spiro atoms. The minimum absolute atomic E-state index is 0.00969. The molecule has 1 fully saturated rings.